The fourth-order valence-electron chi connectivity index (χ4n) is 2.01. The molecule has 1 saturated heterocycles. The Balaban J connectivity index is 2.14. The van der Waals surface area contributed by atoms with Crippen LogP contribution in [0.15, 0.2) is 24.3 Å². The molecule has 0 radical (unpaired) electrons. The molecule has 1 unspecified atom stereocenters. The summed E-state index contributed by atoms with van der Waals surface area (Å²) < 4.78 is 27.0. The number of nitrogens with one attached hydrogen (secondary N) is 2. The average Bonchev–Trinajstić information content (AvgIpc) is 2.33. The van der Waals surface area contributed by atoms with Crippen molar-refractivity contribution in [2.75, 3.05) is 17.8 Å². The first-order valence-electron chi connectivity index (χ1n) is 5.87. The SMILES string of the molecule is Cc1ccccc1NS(=O)(=O)C1CCCNC1. The molecule has 0 aromatic heterocycles. The second-order valence-corrected chi connectivity index (χ2v) is 6.39. The average molecular weight is 254 g/mol. The highest BCUT2D eigenvalue weighted by Crippen LogP contribution is 2.19. The van der Waals surface area contributed by atoms with Gasteiger partial charge in [-0.05, 0) is 37.9 Å². The molecule has 0 bridgehead atoms. The summed E-state index contributed by atoms with van der Waals surface area (Å²) in [6, 6.07) is 7.43. The Morgan fingerprint density at radius 2 is 2.12 bits per heavy atom. The minimum atomic E-state index is -3.27. The van der Waals surface area contributed by atoms with Gasteiger partial charge in [0.05, 0.1) is 10.9 Å². The lowest BCUT2D eigenvalue weighted by Crippen LogP contribution is -2.41. The van der Waals surface area contributed by atoms with Crippen LogP contribution in [-0.4, -0.2) is 26.8 Å². The van der Waals surface area contributed by atoms with Gasteiger partial charge in [-0.3, -0.25) is 4.72 Å². The Labute approximate surface area is 102 Å². The molecular weight excluding hydrogens is 236 g/mol. The molecule has 1 atom stereocenters. The lowest BCUT2D eigenvalue weighted by atomic mass is 10.2. The summed E-state index contributed by atoms with van der Waals surface area (Å²) in [5, 5.41) is 2.80. The van der Waals surface area contributed by atoms with Crippen LogP contribution < -0.4 is 10.0 Å². The molecule has 0 aliphatic carbocycles. The van der Waals surface area contributed by atoms with Crippen LogP contribution >= 0.6 is 0 Å². The number of piperidine rings is 1. The van der Waals surface area contributed by atoms with Gasteiger partial charge in [0.2, 0.25) is 10.0 Å². The summed E-state index contributed by atoms with van der Waals surface area (Å²) in [6.45, 7) is 3.36. The molecule has 1 heterocycles. The van der Waals surface area contributed by atoms with Crippen LogP contribution in [0.1, 0.15) is 18.4 Å². The Morgan fingerprint density at radius 3 is 2.76 bits per heavy atom. The van der Waals surface area contributed by atoms with E-state index in [0.717, 1.165) is 24.9 Å². The minimum absolute atomic E-state index is 0.323. The third-order valence-electron chi connectivity index (χ3n) is 3.09. The summed E-state index contributed by atoms with van der Waals surface area (Å²) in [7, 11) is -3.27. The van der Waals surface area contributed by atoms with E-state index >= 15 is 0 Å². The van der Waals surface area contributed by atoms with E-state index in [1.807, 2.05) is 25.1 Å². The van der Waals surface area contributed by atoms with Crippen LogP contribution in [0.4, 0.5) is 5.69 Å². The second kappa shape index (κ2) is 5.06. The second-order valence-electron chi connectivity index (χ2n) is 4.43. The normalized spacial score (nSPS) is 21.1. The van der Waals surface area contributed by atoms with Gasteiger partial charge in [0.1, 0.15) is 0 Å². The smallest absolute Gasteiger partial charge is 0.236 e. The Morgan fingerprint density at radius 1 is 1.35 bits per heavy atom. The molecule has 1 aromatic carbocycles. The van der Waals surface area contributed by atoms with Gasteiger partial charge in [0.15, 0.2) is 0 Å². The number of aryl methyl sites for hydroxylation is 1. The lowest BCUT2D eigenvalue weighted by Gasteiger charge is -2.23. The van der Waals surface area contributed by atoms with Gasteiger partial charge in [-0.15, -0.1) is 0 Å². The predicted octanol–water partition coefficient (Wildman–Crippen LogP) is 1.49. The first kappa shape index (κ1) is 12.4. The molecule has 17 heavy (non-hydrogen) atoms. The van der Waals surface area contributed by atoms with Crippen molar-refractivity contribution in [1.82, 2.24) is 5.32 Å². The predicted molar refractivity (Wildman–Crippen MR) is 69.6 cm³/mol. The van der Waals surface area contributed by atoms with Crippen molar-refractivity contribution < 1.29 is 8.42 Å². The van der Waals surface area contributed by atoms with Crippen LogP contribution in [0.3, 0.4) is 0 Å². The third-order valence-corrected chi connectivity index (χ3v) is 4.87. The van der Waals surface area contributed by atoms with E-state index in [2.05, 4.69) is 10.0 Å². The Hall–Kier alpha value is -1.07. The molecule has 5 heteroatoms. The van der Waals surface area contributed by atoms with Crippen LogP contribution in [0.5, 0.6) is 0 Å². The highest BCUT2D eigenvalue weighted by molar-refractivity contribution is 7.93. The number of hydrogen-bond acceptors (Lipinski definition) is 3. The number of rotatable bonds is 3. The zero-order valence-electron chi connectivity index (χ0n) is 9.94. The minimum Gasteiger partial charge on any atom is -0.315 e. The van der Waals surface area contributed by atoms with E-state index in [0.29, 0.717) is 12.2 Å². The van der Waals surface area contributed by atoms with Crippen LogP contribution in [0.25, 0.3) is 0 Å². The molecule has 1 aromatic rings. The lowest BCUT2D eigenvalue weighted by molar-refractivity contribution is 0.499. The van der Waals surface area contributed by atoms with Crippen molar-refractivity contribution in [1.29, 1.82) is 0 Å². The van der Waals surface area contributed by atoms with Crippen molar-refractivity contribution in [3.63, 3.8) is 0 Å². The van der Waals surface area contributed by atoms with E-state index in [1.54, 1.807) is 6.07 Å². The number of hydrogen-bond donors (Lipinski definition) is 2. The first-order valence-corrected chi connectivity index (χ1v) is 7.42. The third kappa shape index (κ3) is 2.98. The summed E-state index contributed by atoms with van der Waals surface area (Å²) in [6.07, 6.45) is 1.65. The maximum absolute atomic E-state index is 12.2. The molecule has 0 saturated carbocycles. The fourth-order valence-corrected chi connectivity index (χ4v) is 3.53. The molecular formula is C12H18N2O2S. The molecule has 0 amide bonds. The molecule has 2 N–H and O–H groups in total. The quantitative estimate of drug-likeness (QED) is 0.859. The van der Waals surface area contributed by atoms with Crippen molar-refractivity contribution in [2.24, 2.45) is 0 Å². The van der Waals surface area contributed by atoms with Gasteiger partial charge < -0.3 is 5.32 Å². The number of anilines is 1. The zero-order chi connectivity index (χ0) is 12.3. The highest BCUT2D eigenvalue weighted by atomic mass is 32.2. The van der Waals surface area contributed by atoms with Crippen molar-refractivity contribution in [3.05, 3.63) is 29.8 Å². The summed E-state index contributed by atoms with van der Waals surface area (Å²) in [5.41, 5.74) is 1.62. The first-order chi connectivity index (χ1) is 8.09. The van der Waals surface area contributed by atoms with E-state index < -0.39 is 10.0 Å². The van der Waals surface area contributed by atoms with E-state index in [9.17, 15) is 8.42 Å². The largest absolute Gasteiger partial charge is 0.315 e. The molecule has 1 fully saturated rings. The molecule has 94 valence electrons. The topological polar surface area (TPSA) is 58.2 Å². The molecule has 1 aliphatic heterocycles. The van der Waals surface area contributed by atoms with Gasteiger partial charge in [-0.25, -0.2) is 8.42 Å². The van der Waals surface area contributed by atoms with Gasteiger partial charge in [-0.2, -0.15) is 0 Å². The molecule has 4 nitrogen and oxygen atoms in total. The summed E-state index contributed by atoms with van der Waals surface area (Å²) in [5.74, 6) is 0. The number of para-hydroxylation sites is 1. The fraction of sp³-hybridized carbons (Fsp3) is 0.500. The summed E-state index contributed by atoms with van der Waals surface area (Å²) in [4.78, 5) is 0. The van der Waals surface area contributed by atoms with Gasteiger partial charge in [0.25, 0.3) is 0 Å². The van der Waals surface area contributed by atoms with Gasteiger partial charge in [0, 0.05) is 6.54 Å². The molecule has 0 spiro atoms. The maximum Gasteiger partial charge on any atom is 0.236 e. The van der Waals surface area contributed by atoms with Gasteiger partial charge in [-0.1, -0.05) is 18.2 Å². The standard InChI is InChI=1S/C12H18N2O2S/c1-10-5-2-3-7-12(10)14-17(15,16)11-6-4-8-13-9-11/h2-3,5,7,11,13-14H,4,6,8-9H2,1H3. The van der Waals surface area contributed by atoms with Crippen molar-refractivity contribution in [3.8, 4) is 0 Å². The number of benzene rings is 1. The van der Waals surface area contributed by atoms with Gasteiger partial charge >= 0.3 is 0 Å². The molecule has 2 rings (SSSR count). The van der Waals surface area contributed by atoms with E-state index in [1.165, 1.54) is 0 Å². The van der Waals surface area contributed by atoms with E-state index in [4.69, 9.17) is 0 Å². The monoisotopic (exact) mass is 254 g/mol. The van der Waals surface area contributed by atoms with Crippen molar-refractivity contribution >= 4 is 15.7 Å². The highest BCUT2D eigenvalue weighted by Gasteiger charge is 2.27. The summed E-state index contributed by atoms with van der Waals surface area (Å²) >= 11 is 0. The van der Waals surface area contributed by atoms with Crippen LogP contribution in [0, 0.1) is 6.92 Å². The van der Waals surface area contributed by atoms with Crippen LogP contribution in [-0.2, 0) is 10.0 Å². The Kier molecular flexibility index (Phi) is 3.69. The Bertz CT molecular complexity index is 479. The number of sulfonamides is 1. The van der Waals surface area contributed by atoms with Crippen molar-refractivity contribution in [2.45, 2.75) is 25.0 Å². The van der Waals surface area contributed by atoms with Crippen LogP contribution in [0.2, 0.25) is 0 Å². The van der Waals surface area contributed by atoms with E-state index in [-0.39, 0.29) is 5.25 Å². The zero-order valence-corrected chi connectivity index (χ0v) is 10.8. The molecule has 1 aliphatic rings. The maximum atomic E-state index is 12.2.